The average Bonchev–Trinajstić information content (AvgIpc) is 3.13. The molecule has 0 saturated carbocycles. The van der Waals surface area contributed by atoms with Crippen LogP contribution >= 0.6 is 7.82 Å². The SMILES string of the molecule is CCCCCCCCCC/C=C/[C@@H](O)[C@H](COP(=O)(O)OCCN)NC(=O)CCCCCCCCCCCCCCCCCCCCCCCCC. The van der Waals surface area contributed by atoms with Gasteiger partial charge in [0.25, 0.3) is 0 Å². The molecular formula is C43H87N2O6P. The first kappa shape index (κ1) is 51.2. The van der Waals surface area contributed by atoms with Crippen molar-refractivity contribution >= 4 is 13.7 Å². The number of carbonyl (C=O) groups is 1. The van der Waals surface area contributed by atoms with Crippen molar-refractivity contribution in [1.29, 1.82) is 0 Å². The smallest absolute Gasteiger partial charge is 0.387 e. The van der Waals surface area contributed by atoms with Crippen molar-refractivity contribution in [2.45, 2.75) is 238 Å². The summed E-state index contributed by atoms with van der Waals surface area (Å²) in [6.07, 6.45) is 44.2. The quantitative estimate of drug-likeness (QED) is 0.0277. The molecule has 9 heteroatoms. The highest BCUT2D eigenvalue weighted by Crippen LogP contribution is 2.43. The first-order chi connectivity index (χ1) is 25.4. The van der Waals surface area contributed by atoms with E-state index >= 15 is 0 Å². The molecule has 0 aliphatic carbocycles. The minimum atomic E-state index is -4.33. The van der Waals surface area contributed by atoms with Crippen LogP contribution < -0.4 is 11.1 Å². The van der Waals surface area contributed by atoms with Crippen LogP contribution in [0.4, 0.5) is 0 Å². The summed E-state index contributed by atoms with van der Waals surface area (Å²) in [6, 6.07) is -0.853. The summed E-state index contributed by atoms with van der Waals surface area (Å²) < 4.78 is 22.1. The van der Waals surface area contributed by atoms with Crippen LogP contribution in [0.3, 0.4) is 0 Å². The van der Waals surface area contributed by atoms with Crippen molar-refractivity contribution in [3.63, 3.8) is 0 Å². The Labute approximate surface area is 322 Å². The minimum Gasteiger partial charge on any atom is -0.387 e. The van der Waals surface area contributed by atoms with E-state index in [1.54, 1.807) is 6.08 Å². The van der Waals surface area contributed by atoms with Gasteiger partial charge >= 0.3 is 7.82 Å². The molecule has 5 N–H and O–H groups in total. The van der Waals surface area contributed by atoms with Crippen molar-refractivity contribution in [3.05, 3.63) is 12.2 Å². The van der Waals surface area contributed by atoms with Crippen LogP contribution in [0.25, 0.3) is 0 Å². The molecule has 0 aromatic heterocycles. The lowest BCUT2D eigenvalue weighted by Crippen LogP contribution is -2.45. The van der Waals surface area contributed by atoms with E-state index < -0.39 is 20.0 Å². The van der Waals surface area contributed by atoms with Crippen molar-refractivity contribution in [3.8, 4) is 0 Å². The van der Waals surface area contributed by atoms with Gasteiger partial charge in [-0.1, -0.05) is 212 Å². The van der Waals surface area contributed by atoms with Gasteiger partial charge in [0.15, 0.2) is 0 Å². The molecule has 0 fully saturated rings. The molecule has 3 atom stereocenters. The van der Waals surface area contributed by atoms with E-state index in [1.165, 1.54) is 167 Å². The lowest BCUT2D eigenvalue weighted by atomic mass is 10.0. The van der Waals surface area contributed by atoms with Crippen molar-refractivity contribution in [2.24, 2.45) is 5.73 Å². The maximum absolute atomic E-state index is 12.7. The van der Waals surface area contributed by atoms with Gasteiger partial charge in [-0.3, -0.25) is 13.8 Å². The fourth-order valence-corrected chi connectivity index (χ4v) is 7.48. The van der Waals surface area contributed by atoms with Crippen molar-refractivity contribution in [1.82, 2.24) is 5.32 Å². The molecular weight excluding hydrogens is 671 g/mol. The fourth-order valence-electron chi connectivity index (χ4n) is 6.72. The summed E-state index contributed by atoms with van der Waals surface area (Å²) in [4.78, 5) is 22.6. The summed E-state index contributed by atoms with van der Waals surface area (Å²) in [6.45, 7) is 4.13. The third kappa shape index (κ3) is 37.6. The minimum absolute atomic E-state index is 0.0811. The molecule has 0 aromatic carbocycles. The van der Waals surface area contributed by atoms with Gasteiger partial charge in [0.2, 0.25) is 5.91 Å². The number of amides is 1. The summed E-state index contributed by atoms with van der Waals surface area (Å²) in [5.41, 5.74) is 5.36. The molecule has 0 spiro atoms. The molecule has 0 aliphatic heterocycles. The van der Waals surface area contributed by atoms with Gasteiger partial charge in [-0.2, -0.15) is 0 Å². The van der Waals surface area contributed by atoms with Gasteiger partial charge in [0.1, 0.15) is 0 Å². The van der Waals surface area contributed by atoms with Crippen LogP contribution in [-0.2, 0) is 18.4 Å². The second kappa shape index (κ2) is 39.9. The number of aliphatic hydroxyl groups excluding tert-OH is 1. The molecule has 310 valence electrons. The highest BCUT2D eigenvalue weighted by Gasteiger charge is 2.26. The number of rotatable bonds is 42. The molecule has 0 heterocycles. The van der Waals surface area contributed by atoms with E-state index in [-0.39, 0.29) is 25.7 Å². The van der Waals surface area contributed by atoms with E-state index in [2.05, 4.69) is 19.2 Å². The lowest BCUT2D eigenvalue weighted by molar-refractivity contribution is -0.123. The Bertz CT molecular complexity index is 829. The Morgan fingerprint density at radius 2 is 0.981 bits per heavy atom. The highest BCUT2D eigenvalue weighted by atomic mass is 31.2. The molecule has 0 radical (unpaired) electrons. The van der Waals surface area contributed by atoms with E-state index in [4.69, 9.17) is 14.8 Å². The summed E-state index contributed by atoms with van der Waals surface area (Å²) in [5, 5.41) is 13.6. The van der Waals surface area contributed by atoms with Crippen molar-refractivity contribution < 1.29 is 28.4 Å². The average molecular weight is 759 g/mol. The molecule has 52 heavy (non-hydrogen) atoms. The van der Waals surface area contributed by atoms with Gasteiger partial charge in [-0.25, -0.2) is 4.57 Å². The zero-order valence-corrected chi connectivity index (χ0v) is 35.2. The number of nitrogens with two attached hydrogens (primary N) is 1. The van der Waals surface area contributed by atoms with Crippen LogP contribution in [0, 0.1) is 0 Å². The first-order valence-electron chi connectivity index (χ1n) is 22.3. The van der Waals surface area contributed by atoms with Crippen molar-refractivity contribution in [2.75, 3.05) is 19.8 Å². The number of hydrogen-bond donors (Lipinski definition) is 4. The highest BCUT2D eigenvalue weighted by molar-refractivity contribution is 7.47. The number of hydrogen-bond acceptors (Lipinski definition) is 6. The largest absolute Gasteiger partial charge is 0.472 e. The van der Waals surface area contributed by atoms with E-state index in [0.717, 1.165) is 38.5 Å². The summed E-state index contributed by atoms with van der Waals surface area (Å²) >= 11 is 0. The molecule has 0 saturated heterocycles. The van der Waals surface area contributed by atoms with Crippen LogP contribution in [0.15, 0.2) is 12.2 Å². The zero-order chi connectivity index (χ0) is 38.2. The Hall–Kier alpha value is -0.760. The maximum Gasteiger partial charge on any atom is 0.472 e. The van der Waals surface area contributed by atoms with E-state index in [9.17, 15) is 19.4 Å². The van der Waals surface area contributed by atoms with Crippen LogP contribution in [0.2, 0.25) is 0 Å². The Morgan fingerprint density at radius 1 is 0.615 bits per heavy atom. The molecule has 0 rings (SSSR count). The Morgan fingerprint density at radius 3 is 1.37 bits per heavy atom. The predicted octanol–water partition coefficient (Wildman–Crippen LogP) is 12.4. The van der Waals surface area contributed by atoms with Crippen LogP contribution in [0.5, 0.6) is 0 Å². The molecule has 0 aliphatic rings. The molecule has 0 bridgehead atoms. The standard InChI is InChI=1S/C43H87N2O6P/c1-3-5-7-9-11-13-15-16-17-18-19-20-21-22-23-24-25-26-27-29-31-33-35-37-43(47)45-41(40-51-52(48,49)50-39-38-44)42(46)36-34-32-30-28-14-12-10-8-6-4-2/h34,36,41-42,46H,3-33,35,37-40,44H2,1-2H3,(H,45,47)(H,48,49)/b36-34+/t41-,42+/m0/s1. The molecule has 0 aromatic rings. The first-order valence-corrected chi connectivity index (χ1v) is 23.8. The second-order valence-electron chi connectivity index (χ2n) is 15.3. The molecule has 1 amide bonds. The number of phosphoric ester groups is 1. The predicted molar refractivity (Wildman–Crippen MR) is 222 cm³/mol. The number of unbranched alkanes of at least 4 members (excludes halogenated alkanes) is 30. The third-order valence-corrected chi connectivity index (χ3v) is 11.1. The second-order valence-corrected chi connectivity index (χ2v) is 16.7. The maximum atomic E-state index is 12.7. The number of phosphoric acid groups is 1. The van der Waals surface area contributed by atoms with Gasteiger partial charge in [-0.05, 0) is 19.3 Å². The summed E-state index contributed by atoms with van der Waals surface area (Å²) in [7, 11) is -4.33. The fraction of sp³-hybridized carbons (Fsp3) is 0.930. The lowest BCUT2D eigenvalue weighted by Gasteiger charge is -2.23. The van der Waals surface area contributed by atoms with E-state index in [0.29, 0.717) is 6.42 Å². The number of allylic oxidation sites excluding steroid dienone is 1. The Kier molecular flexibility index (Phi) is 39.3. The van der Waals surface area contributed by atoms with Crippen LogP contribution in [0.1, 0.15) is 226 Å². The van der Waals surface area contributed by atoms with Gasteiger partial charge in [-0.15, -0.1) is 0 Å². The molecule has 8 nitrogen and oxygen atoms in total. The number of aliphatic hydroxyl groups is 1. The topological polar surface area (TPSA) is 131 Å². The zero-order valence-electron chi connectivity index (χ0n) is 34.3. The normalized spacial score (nSPS) is 14.2. The third-order valence-electron chi connectivity index (χ3n) is 10.1. The molecule has 1 unspecified atom stereocenters. The monoisotopic (exact) mass is 759 g/mol. The Balaban J connectivity index is 4.00. The van der Waals surface area contributed by atoms with Gasteiger partial charge in [0.05, 0.1) is 25.4 Å². The van der Waals surface area contributed by atoms with Gasteiger partial charge in [0, 0.05) is 13.0 Å². The van der Waals surface area contributed by atoms with Gasteiger partial charge < -0.3 is 21.1 Å². The summed E-state index contributed by atoms with van der Waals surface area (Å²) in [5.74, 6) is -0.191. The number of carbonyl (C=O) groups excluding carboxylic acids is 1. The van der Waals surface area contributed by atoms with Crippen LogP contribution in [-0.4, -0.2) is 47.8 Å². The number of nitrogens with one attached hydrogen (secondary N) is 1. The van der Waals surface area contributed by atoms with E-state index in [1.807, 2.05) is 6.08 Å².